The van der Waals surface area contributed by atoms with E-state index in [0.717, 1.165) is 31.2 Å². The highest BCUT2D eigenvalue weighted by molar-refractivity contribution is 5.86. The number of nitrogens with two attached hydrogens (primary N) is 1. The molecule has 2 aliphatic carbocycles. The summed E-state index contributed by atoms with van der Waals surface area (Å²) < 4.78 is 0. The van der Waals surface area contributed by atoms with E-state index in [9.17, 15) is 9.59 Å². The zero-order valence-electron chi connectivity index (χ0n) is 15.7. The van der Waals surface area contributed by atoms with Crippen molar-refractivity contribution >= 4 is 11.8 Å². The van der Waals surface area contributed by atoms with Crippen molar-refractivity contribution in [2.75, 3.05) is 13.1 Å². The average molecular weight is 357 g/mol. The Labute approximate surface area is 156 Å². The van der Waals surface area contributed by atoms with Crippen molar-refractivity contribution < 1.29 is 9.59 Å². The molecule has 5 nitrogen and oxygen atoms in total. The van der Waals surface area contributed by atoms with E-state index in [4.69, 9.17) is 5.73 Å². The smallest absolute Gasteiger partial charge is 0.242 e. The van der Waals surface area contributed by atoms with Crippen molar-refractivity contribution in [3.05, 3.63) is 35.9 Å². The number of carbonyl (C=O) groups excluding carboxylic acids is 2. The minimum atomic E-state index is -0.0302. The molecule has 3 N–H and O–H groups in total. The topological polar surface area (TPSA) is 75.4 Å². The van der Waals surface area contributed by atoms with Gasteiger partial charge in [0.1, 0.15) is 0 Å². The lowest BCUT2D eigenvalue weighted by molar-refractivity contribution is -0.135. The van der Waals surface area contributed by atoms with Crippen LogP contribution in [0, 0.1) is 17.8 Å². The van der Waals surface area contributed by atoms with Gasteiger partial charge in [0.15, 0.2) is 0 Å². The normalized spacial score (nSPS) is 27.6. The molecule has 2 saturated carbocycles. The lowest BCUT2D eigenvalue weighted by atomic mass is 9.65. The number of benzene rings is 1. The van der Waals surface area contributed by atoms with E-state index in [-0.39, 0.29) is 30.3 Å². The van der Waals surface area contributed by atoms with Gasteiger partial charge in [-0.15, -0.1) is 0 Å². The van der Waals surface area contributed by atoms with E-state index in [1.807, 2.05) is 37.3 Å². The second kappa shape index (κ2) is 8.67. The Kier molecular flexibility index (Phi) is 6.30. The first-order chi connectivity index (χ1) is 12.6. The minimum Gasteiger partial charge on any atom is -0.347 e. The third-order valence-corrected chi connectivity index (χ3v) is 6.15. The molecular weight excluding hydrogens is 326 g/mol. The van der Waals surface area contributed by atoms with Crippen LogP contribution in [0.3, 0.4) is 0 Å². The Bertz CT molecular complexity index is 605. The molecular formula is C21H31N3O2. The molecule has 0 radical (unpaired) electrons. The molecule has 26 heavy (non-hydrogen) atoms. The Morgan fingerprint density at radius 3 is 2.42 bits per heavy atom. The number of fused-ring (bicyclic) bond motifs is 2. The second-order valence-corrected chi connectivity index (χ2v) is 7.81. The molecule has 0 aromatic heterocycles. The number of carbonyl (C=O) groups is 2. The Balaban J connectivity index is 1.49. The minimum absolute atomic E-state index is 0.0158. The average Bonchev–Trinajstić information content (AvgIpc) is 2.64. The van der Waals surface area contributed by atoms with Crippen LogP contribution in [0.2, 0.25) is 0 Å². The van der Waals surface area contributed by atoms with Crippen molar-refractivity contribution in [3.63, 3.8) is 0 Å². The van der Waals surface area contributed by atoms with Crippen molar-refractivity contribution in [2.24, 2.45) is 23.5 Å². The molecule has 2 bridgehead atoms. The van der Waals surface area contributed by atoms with E-state index < -0.39 is 0 Å². The molecule has 3 rings (SSSR count). The van der Waals surface area contributed by atoms with Gasteiger partial charge in [0, 0.05) is 25.0 Å². The zero-order valence-corrected chi connectivity index (χ0v) is 15.7. The lowest BCUT2D eigenvalue weighted by Crippen LogP contribution is -2.50. The molecule has 2 unspecified atom stereocenters. The third kappa shape index (κ3) is 4.44. The van der Waals surface area contributed by atoms with Crippen molar-refractivity contribution in [1.82, 2.24) is 10.2 Å². The van der Waals surface area contributed by atoms with Gasteiger partial charge in [-0.2, -0.15) is 0 Å². The van der Waals surface area contributed by atoms with Gasteiger partial charge in [0.05, 0.1) is 6.54 Å². The van der Waals surface area contributed by atoms with E-state index in [1.54, 1.807) is 4.90 Å². The van der Waals surface area contributed by atoms with Gasteiger partial charge in [-0.05, 0) is 50.0 Å². The molecule has 0 spiro atoms. The molecule has 142 valence electrons. The fraction of sp³-hybridized carbons (Fsp3) is 0.619. The number of likely N-dealkylation sites (N-methyl/N-ethyl adjacent to an activating group) is 1. The summed E-state index contributed by atoms with van der Waals surface area (Å²) in [6.07, 6.45) is 5.27. The van der Waals surface area contributed by atoms with Crippen LogP contribution in [-0.4, -0.2) is 35.8 Å². The second-order valence-electron chi connectivity index (χ2n) is 7.81. The maximum absolute atomic E-state index is 12.6. The summed E-state index contributed by atoms with van der Waals surface area (Å²) in [6.45, 7) is 3.25. The van der Waals surface area contributed by atoms with E-state index in [0.29, 0.717) is 24.9 Å². The van der Waals surface area contributed by atoms with Crippen LogP contribution in [0.5, 0.6) is 0 Å². The van der Waals surface area contributed by atoms with Crippen molar-refractivity contribution in [2.45, 2.75) is 51.6 Å². The molecule has 0 aliphatic heterocycles. The largest absolute Gasteiger partial charge is 0.347 e. The monoisotopic (exact) mass is 357 g/mol. The molecule has 1 aromatic carbocycles. The molecule has 5 heteroatoms. The van der Waals surface area contributed by atoms with Crippen molar-refractivity contribution in [1.29, 1.82) is 0 Å². The van der Waals surface area contributed by atoms with E-state index in [1.165, 1.54) is 6.42 Å². The SMILES string of the molecule is CCN(Cc1ccccc1)C(=O)CNC(=O)C1CC2CCCC(C1)C2N. The highest BCUT2D eigenvalue weighted by Gasteiger charge is 2.40. The molecule has 2 atom stereocenters. The van der Waals surface area contributed by atoms with Crippen LogP contribution in [0.15, 0.2) is 30.3 Å². The fourth-order valence-electron chi connectivity index (χ4n) is 4.60. The summed E-state index contributed by atoms with van der Waals surface area (Å²) in [4.78, 5) is 26.9. The van der Waals surface area contributed by atoms with E-state index >= 15 is 0 Å². The first-order valence-electron chi connectivity index (χ1n) is 9.93. The number of hydrogen-bond acceptors (Lipinski definition) is 3. The van der Waals surface area contributed by atoms with Crippen LogP contribution < -0.4 is 11.1 Å². The van der Waals surface area contributed by atoms with Crippen LogP contribution in [0.4, 0.5) is 0 Å². The first-order valence-corrected chi connectivity index (χ1v) is 9.93. The number of hydrogen-bond donors (Lipinski definition) is 2. The maximum atomic E-state index is 12.6. The number of nitrogens with one attached hydrogen (secondary N) is 1. The van der Waals surface area contributed by atoms with Crippen molar-refractivity contribution in [3.8, 4) is 0 Å². The molecule has 1 aromatic rings. The summed E-state index contributed by atoms with van der Waals surface area (Å²) in [5.74, 6) is 0.954. The van der Waals surface area contributed by atoms with Crippen LogP contribution in [-0.2, 0) is 16.1 Å². The predicted molar refractivity (Wildman–Crippen MR) is 102 cm³/mol. The lowest BCUT2D eigenvalue weighted by Gasteiger charge is -2.43. The first kappa shape index (κ1) is 18.9. The summed E-state index contributed by atoms with van der Waals surface area (Å²) in [5.41, 5.74) is 7.41. The quantitative estimate of drug-likeness (QED) is 0.820. The number of nitrogens with zero attached hydrogens (tertiary/aromatic N) is 1. The Hall–Kier alpha value is -1.88. The van der Waals surface area contributed by atoms with Gasteiger partial charge in [-0.3, -0.25) is 9.59 Å². The Morgan fingerprint density at radius 1 is 1.15 bits per heavy atom. The Morgan fingerprint density at radius 2 is 1.81 bits per heavy atom. The third-order valence-electron chi connectivity index (χ3n) is 6.15. The zero-order chi connectivity index (χ0) is 18.5. The summed E-state index contributed by atoms with van der Waals surface area (Å²) in [5, 5.41) is 2.89. The summed E-state index contributed by atoms with van der Waals surface area (Å²) in [7, 11) is 0. The van der Waals surface area contributed by atoms with Crippen LogP contribution in [0.25, 0.3) is 0 Å². The van der Waals surface area contributed by atoms with Gasteiger partial charge in [0.25, 0.3) is 0 Å². The standard InChI is InChI=1S/C21H31N3O2/c1-2-24(14-15-7-4-3-5-8-15)19(25)13-23-21(26)18-11-16-9-6-10-17(12-18)20(16)22/h3-5,7-8,16-18,20H,2,6,9-14,22H2,1H3,(H,23,26). The maximum Gasteiger partial charge on any atom is 0.242 e. The highest BCUT2D eigenvalue weighted by Crippen LogP contribution is 2.41. The molecule has 0 heterocycles. The summed E-state index contributed by atoms with van der Waals surface area (Å²) >= 11 is 0. The van der Waals surface area contributed by atoms with Gasteiger partial charge in [0.2, 0.25) is 11.8 Å². The van der Waals surface area contributed by atoms with Crippen LogP contribution >= 0.6 is 0 Å². The van der Waals surface area contributed by atoms with Gasteiger partial charge >= 0.3 is 0 Å². The van der Waals surface area contributed by atoms with Gasteiger partial charge in [-0.25, -0.2) is 0 Å². The molecule has 2 aliphatic rings. The summed E-state index contributed by atoms with van der Waals surface area (Å²) in [6, 6.07) is 10.2. The predicted octanol–water partition coefficient (Wildman–Crippen LogP) is 2.30. The van der Waals surface area contributed by atoms with Crippen LogP contribution in [0.1, 0.15) is 44.6 Å². The fourth-order valence-corrected chi connectivity index (χ4v) is 4.60. The molecule has 0 saturated heterocycles. The number of rotatable bonds is 6. The number of amides is 2. The molecule has 2 amide bonds. The molecule has 2 fully saturated rings. The highest BCUT2D eigenvalue weighted by atomic mass is 16.2. The van der Waals surface area contributed by atoms with Gasteiger partial charge < -0.3 is 16.0 Å². The van der Waals surface area contributed by atoms with E-state index in [2.05, 4.69) is 5.32 Å². The van der Waals surface area contributed by atoms with Gasteiger partial charge in [-0.1, -0.05) is 36.8 Å².